The molecular weight excluding hydrogens is 353 g/mol. The lowest BCUT2D eigenvalue weighted by Crippen LogP contribution is -1.96. The van der Waals surface area contributed by atoms with Gasteiger partial charge < -0.3 is 5.73 Å². The monoisotopic (exact) mass is 373 g/mol. The minimum atomic E-state index is -0.372. The summed E-state index contributed by atoms with van der Waals surface area (Å²) in [7, 11) is 0. The first kappa shape index (κ1) is 19.0. The zero-order chi connectivity index (χ0) is 20.1. The Morgan fingerprint density at radius 2 is 2.00 bits per heavy atom. The van der Waals surface area contributed by atoms with E-state index in [1.54, 1.807) is 16.9 Å². The van der Waals surface area contributed by atoms with E-state index >= 15 is 0 Å². The Bertz CT molecular complexity index is 1130. The topological polar surface area (TPSA) is 69.1 Å². The van der Waals surface area contributed by atoms with Crippen LogP contribution in [0.5, 0.6) is 0 Å². The number of pyridine rings is 3. The highest BCUT2D eigenvalue weighted by molar-refractivity contribution is 5.85. The molecule has 5 nitrogen and oxygen atoms in total. The second-order valence-electron chi connectivity index (χ2n) is 6.05. The molecule has 4 heterocycles. The van der Waals surface area contributed by atoms with Gasteiger partial charge in [-0.15, -0.1) is 0 Å². The molecule has 0 aliphatic carbocycles. The van der Waals surface area contributed by atoms with Crippen LogP contribution in [0.3, 0.4) is 0 Å². The molecule has 28 heavy (non-hydrogen) atoms. The van der Waals surface area contributed by atoms with E-state index in [1.807, 2.05) is 43.6 Å². The molecule has 4 aromatic rings. The van der Waals surface area contributed by atoms with E-state index in [2.05, 4.69) is 34.0 Å². The SMILES string of the molecule is C=C(c1ccn2ncc(-c3cccnc3)c2c1)c1cc(F)cnc1C.C=CN. The first-order valence-electron chi connectivity index (χ1n) is 8.57. The standard InChI is InChI=1S/C20H15FN4.C2H5N/c1-13(18-9-17(21)11-23-14(18)2)15-5-7-25-20(8-15)19(12-24-25)16-4-3-6-22-10-16;1-2-3/h3-12H,1H2,2H3;2H,1,3H2. The Balaban J connectivity index is 0.000000706. The van der Waals surface area contributed by atoms with Crippen molar-refractivity contribution in [2.24, 2.45) is 5.73 Å². The summed E-state index contributed by atoms with van der Waals surface area (Å²) < 4.78 is 15.4. The fraction of sp³-hybridized carbons (Fsp3) is 0.0455. The molecule has 0 unspecified atom stereocenters. The van der Waals surface area contributed by atoms with Gasteiger partial charge in [0.2, 0.25) is 0 Å². The van der Waals surface area contributed by atoms with Crippen molar-refractivity contribution in [3.05, 3.63) is 103 Å². The van der Waals surface area contributed by atoms with Gasteiger partial charge in [0, 0.05) is 41.0 Å². The molecule has 0 aliphatic rings. The van der Waals surface area contributed by atoms with Gasteiger partial charge in [0.1, 0.15) is 5.82 Å². The highest BCUT2D eigenvalue weighted by Crippen LogP contribution is 2.29. The van der Waals surface area contributed by atoms with E-state index in [9.17, 15) is 4.39 Å². The lowest BCUT2D eigenvalue weighted by molar-refractivity contribution is 0.619. The number of nitrogens with zero attached hydrogens (tertiary/aromatic N) is 4. The van der Waals surface area contributed by atoms with E-state index in [0.29, 0.717) is 5.56 Å². The summed E-state index contributed by atoms with van der Waals surface area (Å²) in [4.78, 5) is 8.25. The largest absolute Gasteiger partial charge is 0.405 e. The molecule has 2 N–H and O–H groups in total. The predicted octanol–water partition coefficient (Wildman–Crippen LogP) is 4.39. The van der Waals surface area contributed by atoms with Crippen molar-refractivity contribution in [2.45, 2.75) is 6.92 Å². The van der Waals surface area contributed by atoms with Crippen LogP contribution in [0.4, 0.5) is 4.39 Å². The van der Waals surface area contributed by atoms with E-state index in [0.717, 1.165) is 33.5 Å². The van der Waals surface area contributed by atoms with Gasteiger partial charge in [-0.2, -0.15) is 5.10 Å². The molecule has 0 fully saturated rings. The summed E-state index contributed by atoms with van der Waals surface area (Å²) in [6, 6.07) is 9.27. The summed E-state index contributed by atoms with van der Waals surface area (Å²) in [5, 5.41) is 4.39. The summed E-state index contributed by atoms with van der Waals surface area (Å²) >= 11 is 0. The van der Waals surface area contributed by atoms with Gasteiger partial charge in [-0.3, -0.25) is 9.97 Å². The molecule has 0 saturated heterocycles. The van der Waals surface area contributed by atoms with E-state index < -0.39 is 0 Å². The minimum Gasteiger partial charge on any atom is -0.405 e. The number of halogens is 1. The number of aryl methyl sites for hydroxylation is 1. The Morgan fingerprint density at radius 3 is 2.71 bits per heavy atom. The Kier molecular flexibility index (Phi) is 5.60. The zero-order valence-corrected chi connectivity index (χ0v) is 15.5. The van der Waals surface area contributed by atoms with Crippen molar-refractivity contribution in [1.82, 2.24) is 19.6 Å². The van der Waals surface area contributed by atoms with Crippen LogP contribution in [0, 0.1) is 12.7 Å². The van der Waals surface area contributed by atoms with Crippen molar-refractivity contribution in [2.75, 3.05) is 0 Å². The lowest BCUT2D eigenvalue weighted by Gasteiger charge is -2.10. The maximum atomic E-state index is 13.6. The average Bonchev–Trinajstić information content (AvgIpc) is 3.14. The second-order valence-corrected chi connectivity index (χ2v) is 6.05. The minimum absolute atomic E-state index is 0.372. The maximum absolute atomic E-state index is 13.6. The van der Waals surface area contributed by atoms with Gasteiger partial charge in [-0.05, 0) is 48.5 Å². The Labute approximate surface area is 162 Å². The summed E-state index contributed by atoms with van der Waals surface area (Å²) in [6.45, 7) is 9.13. The first-order valence-corrected chi connectivity index (χ1v) is 8.57. The third-order valence-corrected chi connectivity index (χ3v) is 4.22. The number of fused-ring (bicyclic) bond motifs is 1. The van der Waals surface area contributed by atoms with Gasteiger partial charge in [-0.25, -0.2) is 8.91 Å². The molecule has 0 radical (unpaired) electrons. The van der Waals surface area contributed by atoms with Gasteiger partial charge in [-0.1, -0.05) is 19.2 Å². The van der Waals surface area contributed by atoms with Crippen LogP contribution < -0.4 is 5.73 Å². The van der Waals surface area contributed by atoms with Gasteiger partial charge in [0.15, 0.2) is 0 Å². The molecule has 0 bridgehead atoms. The predicted molar refractivity (Wildman–Crippen MR) is 110 cm³/mol. The summed E-state index contributed by atoms with van der Waals surface area (Å²) in [5.74, 6) is -0.372. The maximum Gasteiger partial charge on any atom is 0.142 e. The third-order valence-electron chi connectivity index (χ3n) is 4.22. The van der Waals surface area contributed by atoms with Gasteiger partial charge >= 0.3 is 0 Å². The quantitative estimate of drug-likeness (QED) is 0.578. The highest BCUT2D eigenvalue weighted by atomic mass is 19.1. The van der Waals surface area contributed by atoms with Crippen LogP contribution in [0.15, 0.2) is 80.7 Å². The molecule has 0 amide bonds. The molecule has 0 spiro atoms. The zero-order valence-electron chi connectivity index (χ0n) is 15.5. The highest BCUT2D eigenvalue weighted by Gasteiger charge is 2.12. The van der Waals surface area contributed by atoms with E-state index in [4.69, 9.17) is 0 Å². The lowest BCUT2D eigenvalue weighted by atomic mass is 9.98. The Hall–Kier alpha value is -3.80. The number of rotatable bonds is 3. The van der Waals surface area contributed by atoms with Crippen molar-refractivity contribution < 1.29 is 4.39 Å². The van der Waals surface area contributed by atoms with E-state index in [-0.39, 0.29) is 5.82 Å². The first-order chi connectivity index (χ1) is 13.5. The fourth-order valence-electron chi connectivity index (χ4n) is 2.88. The molecular formula is C22H20FN5. The number of nitrogens with two attached hydrogens (primary N) is 1. The third kappa shape index (κ3) is 3.81. The normalized spacial score (nSPS) is 10.2. The smallest absolute Gasteiger partial charge is 0.142 e. The van der Waals surface area contributed by atoms with Crippen LogP contribution in [0.1, 0.15) is 16.8 Å². The van der Waals surface area contributed by atoms with Crippen LogP contribution >= 0.6 is 0 Å². The van der Waals surface area contributed by atoms with Crippen LogP contribution in [-0.2, 0) is 0 Å². The molecule has 0 saturated carbocycles. The Morgan fingerprint density at radius 1 is 1.21 bits per heavy atom. The summed E-state index contributed by atoms with van der Waals surface area (Å²) in [6.07, 6.45) is 9.69. The number of hydrogen-bond donors (Lipinski definition) is 1. The number of aromatic nitrogens is 4. The molecule has 0 aromatic carbocycles. The average molecular weight is 373 g/mol. The number of hydrogen-bond acceptors (Lipinski definition) is 4. The molecule has 0 atom stereocenters. The van der Waals surface area contributed by atoms with Crippen molar-refractivity contribution in [1.29, 1.82) is 0 Å². The van der Waals surface area contributed by atoms with Gasteiger partial charge in [0.05, 0.1) is 17.9 Å². The van der Waals surface area contributed by atoms with Crippen molar-refractivity contribution in [3.63, 3.8) is 0 Å². The van der Waals surface area contributed by atoms with E-state index in [1.165, 1.54) is 18.5 Å². The van der Waals surface area contributed by atoms with Gasteiger partial charge in [0.25, 0.3) is 0 Å². The fourth-order valence-corrected chi connectivity index (χ4v) is 2.88. The molecule has 4 aromatic heterocycles. The van der Waals surface area contributed by atoms with Crippen molar-refractivity contribution >= 4 is 11.1 Å². The summed E-state index contributed by atoms with van der Waals surface area (Å²) in [5.41, 5.74) is 10.6. The van der Waals surface area contributed by atoms with Crippen molar-refractivity contribution in [3.8, 4) is 11.1 Å². The van der Waals surface area contributed by atoms with Crippen LogP contribution in [-0.4, -0.2) is 19.6 Å². The molecule has 6 heteroatoms. The second kappa shape index (κ2) is 8.26. The van der Waals surface area contributed by atoms with Crippen LogP contribution in [0.2, 0.25) is 0 Å². The molecule has 0 aliphatic heterocycles. The van der Waals surface area contributed by atoms with Crippen LogP contribution in [0.25, 0.3) is 22.2 Å². The molecule has 140 valence electrons. The molecule has 4 rings (SSSR count).